The lowest BCUT2D eigenvalue weighted by Crippen LogP contribution is -2.04. The van der Waals surface area contributed by atoms with E-state index in [1.165, 1.54) is 83.5 Å². The van der Waals surface area contributed by atoms with E-state index in [0.717, 1.165) is 18.4 Å². The predicted octanol–water partition coefficient (Wildman–Crippen LogP) is 7.17. The van der Waals surface area contributed by atoms with Gasteiger partial charge in [0.1, 0.15) is 6.61 Å². The molecule has 0 bridgehead atoms. The standard InChI is InChI=1S/C25H42O2.H2O/c1-2-3-4-5-6-7-8-9-10-11-12-13-14-15-19-22-25(26)27-23-24-20-17-16-18-21-24;/h16-18,20-21H,2-15,19,22-23H2,1H3;1H2. The Kier molecular flexibility index (Phi) is 19.4. The first kappa shape index (κ1) is 26.6. The largest absolute Gasteiger partial charge is 0.461 e. The van der Waals surface area contributed by atoms with Crippen molar-refractivity contribution in [1.29, 1.82) is 0 Å². The minimum Gasteiger partial charge on any atom is -0.461 e. The summed E-state index contributed by atoms with van der Waals surface area (Å²) in [7, 11) is 0. The third kappa shape index (κ3) is 16.8. The SMILES string of the molecule is CCCCCCCCCCCCCCCCCC(=O)OCc1ccccc1.O. The fourth-order valence-electron chi connectivity index (χ4n) is 3.45. The van der Waals surface area contributed by atoms with Crippen molar-refractivity contribution in [2.45, 2.75) is 116 Å². The Labute approximate surface area is 173 Å². The molecule has 28 heavy (non-hydrogen) atoms. The van der Waals surface area contributed by atoms with Crippen LogP contribution in [0.4, 0.5) is 0 Å². The molecule has 0 radical (unpaired) electrons. The fourth-order valence-corrected chi connectivity index (χ4v) is 3.45. The molecular formula is C25H44O3. The highest BCUT2D eigenvalue weighted by atomic mass is 16.5. The number of carbonyl (C=O) groups is 1. The van der Waals surface area contributed by atoms with E-state index in [2.05, 4.69) is 6.92 Å². The number of unbranched alkanes of at least 4 members (excludes halogenated alkanes) is 14. The second-order valence-corrected chi connectivity index (χ2v) is 7.85. The lowest BCUT2D eigenvalue weighted by atomic mass is 10.0. The minimum absolute atomic E-state index is 0. The van der Waals surface area contributed by atoms with Gasteiger partial charge in [-0.05, 0) is 12.0 Å². The molecule has 0 aliphatic carbocycles. The molecule has 0 saturated heterocycles. The van der Waals surface area contributed by atoms with Gasteiger partial charge in [0.15, 0.2) is 0 Å². The van der Waals surface area contributed by atoms with Crippen LogP contribution in [0.15, 0.2) is 30.3 Å². The second-order valence-electron chi connectivity index (χ2n) is 7.85. The van der Waals surface area contributed by atoms with Crippen LogP contribution in [0.1, 0.15) is 115 Å². The van der Waals surface area contributed by atoms with Gasteiger partial charge in [-0.3, -0.25) is 4.79 Å². The zero-order valence-electron chi connectivity index (χ0n) is 18.2. The van der Waals surface area contributed by atoms with E-state index in [1.54, 1.807) is 0 Å². The Morgan fingerprint density at radius 3 is 1.57 bits per heavy atom. The van der Waals surface area contributed by atoms with E-state index >= 15 is 0 Å². The van der Waals surface area contributed by atoms with Crippen LogP contribution < -0.4 is 0 Å². The van der Waals surface area contributed by atoms with Gasteiger partial charge in [-0.2, -0.15) is 0 Å². The quantitative estimate of drug-likeness (QED) is 0.196. The maximum Gasteiger partial charge on any atom is 0.306 e. The van der Waals surface area contributed by atoms with Crippen LogP contribution in [-0.2, 0) is 16.1 Å². The summed E-state index contributed by atoms with van der Waals surface area (Å²) in [5.41, 5.74) is 1.06. The van der Waals surface area contributed by atoms with Gasteiger partial charge in [0.2, 0.25) is 0 Å². The molecule has 0 aliphatic rings. The van der Waals surface area contributed by atoms with Crippen molar-refractivity contribution in [2.24, 2.45) is 0 Å². The maximum atomic E-state index is 11.7. The summed E-state index contributed by atoms with van der Waals surface area (Å²) in [5.74, 6) is -0.0615. The molecule has 0 aliphatic heterocycles. The highest BCUT2D eigenvalue weighted by Gasteiger charge is 2.03. The summed E-state index contributed by atoms with van der Waals surface area (Å²) >= 11 is 0. The third-order valence-corrected chi connectivity index (χ3v) is 5.23. The van der Waals surface area contributed by atoms with Crippen molar-refractivity contribution in [3.8, 4) is 0 Å². The summed E-state index contributed by atoms with van der Waals surface area (Å²) < 4.78 is 5.31. The Hall–Kier alpha value is -1.35. The second kappa shape index (κ2) is 20.4. The molecule has 0 heterocycles. The summed E-state index contributed by atoms with van der Waals surface area (Å²) in [5, 5.41) is 0. The normalized spacial score (nSPS) is 10.5. The molecule has 162 valence electrons. The van der Waals surface area contributed by atoms with Gasteiger partial charge in [-0.25, -0.2) is 0 Å². The van der Waals surface area contributed by atoms with Gasteiger partial charge in [0.05, 0.1) is 0 Å². The molecular weight excluding hydrogens is 348 g/mol. The van der Waals surface area contributed by atoms with Crippen molar-refractivity contribution in [3.05, 3.63) is 35.9 Å². The number of hydrogen-bond donors (Lipinski definition) is 0. The van der Waals surface area contributed by atoms with Crippen molar-refractivity contribution in [1.82, 2.24) is 0 Å². The smallest absolute Gasteiger partial charge is 0.306 e. The molecule has 0 atom stereocenters. The molecule has 1 rings (SSSR count). The molecule has 0 saturated carbocycles. The first-order valence-electron chi connectivity index (χ1n) is 11.5. The Bertz CT molecular complexity index is 444. The van der Waals surface area contributed by atoms with E-state index in [1.807, 2.05) is 30.3 Å². The van der Waals surface area contributed by atoms with E-state index in [9.17, 15) is 4.79 Å². The Balaban J connectivity index is 0.00000729. The molecule has 1 aromatic carbocycles. The molecule has 0 unspecified atom stereocenters. The molecule has 0 fully saturated rings. The maximum absolute atomic E-state index is 11.7. The third-order valence-electron chi connectivity index (χ3n) is 5.23. The van der Waals surface area contributed by atoms with Crippen LogP contribution in [0.25, 0.3) is 0 Å². The van der Waals surface area contributed by atoms with E-state index in [-0.39, 0.29) is 11.4 Å². The van der Waals surface area contributed by atoms with Gasteiger partial charge >= 0.3 is 5.97 Å². The molecule has 0 amide bonds. The van der Waals surface area contributed by atoms with Gasteiger partial charge in [0.25, 0.3) is 0 Å². The molecule has 2 N–H and O–H groups in total. The van der Waals surface area contributed by atoms with Crippen LogP contribution in [-0.4, -0.2) is 11.4 Å². The van der Waals surface area contributed by atoms with Crippen LogP contribution in [0.5, 0.6) is 0 Å². The number of rotatable bonds is 18. The van der Waals surface area contributed by atoms with Gasteiger partial charge in [0, 0.05) is 6.42 Å². The number of benzene rings is 1. The monoisotopic (exact) mass is 392 g/mol. The van der Waals surface area contributed by atoms with Crippen LogP contribution in [0.3, 0.4) is 0 Å². The highest BCUT2D eigenvalue weighted by Crippen LogP contribution is 2.14. The summed E-state index contributed by atoms with van der Waals surface area (Å²) in [4.78, 5) is 11.7. The molecule has 3 nitrogen and oxygen atoms in total. The molecule has 1 aromatic rings. The number of esters is 1. The van der Waals surface area contributed by atoms with Crippen molar-refractivity contribution in [3.63, 3.8) is 0 Å². The van der Waals surface area contributed by atoms with Crippen molar-refractivity contribution in [2.75, 3.05) is 0 Å². The molecule has 0 aromatic heterocycles. The van der Waals surface area contributed by atoms with Crippen LogP contribution in [0.2, 0.25) is 0 Å². The Morgan fingerprint density at radius 1 is 0.679 bits per heavy atom. The van der Waals surface area contributed by atoms with Crippen molar-refractivity contribution < 1.29 is 15.0 Å². The van der Waals surface area contributed by atoms with Gasteiger partial charge in [-0.15, -0.1) is 0 Å². The van der Waals surface area contributed by atoms with Crippen LogP contribution in [0, 0.1) is 0 Å². The Morgan fingerprint density at radius 2 is 1.11 bits per heavy atom. The fraction of sp³-hybridized carbons (Fsp3) is 0.720. The number of carbonyl (C=O) groups excluding carboxylic acids is 1. The minimum atomic E-state index is -0.0615. The number of hydrogen-bond acceptors (Lipinski definition) is 2. The first-order valence-corrected chi connectivity index (χ1v) is 11.5. The van der Waals surface area contributed by atoms with Gasteiger partial charge < -0.3 is 10.2 Å². The van der Waals surface area contributed by atoms with E-state index in [0.29, 0.717) is 13.0 Å². The summed E-state index contributed by atoms with van der Waals surface area (Å²) in [6.45, 7) is 2.68. The van der Waals surface area contributed by atoms with Crippen molar-refractivity contribution >= 4 is 5.97 Å². The first-order chi connectivity index (χ1) is 13.3. The van der Waals surface area contributed by atoms with E-state index < -0.39 is 0 Å². The molecule has 3 heteroatoms. The lowest BCUT2D eigenvalue weighted by Gasteiger charge is -2.05. The summed E-state index contributed by atoms with van der Waals surface area (Å²) in [6.07, 6.45) is 20.7. The number of ether oxygens (including phenoxy) is 1. The zero-order valence-corrected chi connectivity index (χ0v) is 18.2. The average Bonchev–Trinajstić information content (AvgIpc) is 2.70. The lowest BCUT2D eigenvalue weighted by molar-refractivity contribution is -0.145. The topological polar surface area (TPSA) is 57.8 Å². The van der Waals surface area contributed by atoms with Crippen LogP contribution >= 0.6 is 0 Å². The average molecular weight is 393 g/mol. The highest BCUT2D eigenvalue weighted by molar-refractivity contribution is 5.69. The summed E-state index contributed by atoms with van der Waals surface area (Å²) in [6, 6.07) is 9.89. The van der Waals surface area contributed by atoms with Gasteiger partial charge in [-0.1, -0.05) is 127 Å². The van der Waals surface area contributed by atoms with E-state index in [4.69, 9.17) is 4.74 Å². The molecule has 0 spiro atoms. The zero-order chi connectivity index (χ0) is 19.4. The predicted molar refractivity (Wildman–Crippen MR) is 119 cm³/mol.